The van der Waals surface area contributed by atoms with Crippen LogP contribution in [-0.4, -0.2) is 60.6 Å². The van der Waals surface area contributed by atoms with E-state index in [9.17, 15) is 0 Å². The van der Waals surface area contributed by atoms with Crippen LogP contribution < -0.4 is 0 Å². The summed E-state index contributed by atoms with van der Waals surface area (Å²) in [5.74, 6) is 4.12. The molecule has 6 fully saturated rings. The summed E-state index contributed by atoms with van der Waals surface area (Å²) in [6, 6.07) is 1.51. The van der Waals surface area contributed by atoms with Gasteiger partial charge in [-0.15, -0.1) is 13.2 Å². The minimum absolute atomic E-state index is 0.328. The highest BCUT2D eigenvalue weighted by molar-refractivity contribution is 5.03. The Bertz CT molecular complexity index is 793. The normalized spacial score (nSPS) is 40.4. The molecule has 4 saturated carbocycles. The van der Waals surface area contributed by atoms with Gasteiger partial charge in [-0.25, -0.2) is 0 Å². The number of fused-ring (bicyclic) bond motifs is 2. The Morgan fingerprint density at radius 2 is 1.05 bits per heavy atom. The van der Waals surface area contributed by atoms with Crippen molar-refractivity contribution in [1.29, 1.82) is 0 Å². The van der Waals surface area contributed by atoms with Crippen molar-refractivity contribution in [3.8, 4) is 0 Å². The molecule has 8 atom stereocenters. The predicted molar refractivity (Wildman–Crippen MR) is 169 cm³/mol. The first kappa shape index (κ1) is 30.4. The number of hydrogen-bond acceptors (Lipinski definition) is 4. The second-order valence-corrected chi connectivity index (χ2v) is 15.9. The van der Waals surface area contributed by atoms with Gasteiger partial charge in [-0.05, 0) is 105 Å². The fourth-order valence-electron chi connectivity index (χ4n) is 10.8. The van der Waals surface area contributed by atoms with Crippen LogP contribution in [0, 0.1) is 40.9 Å². The Kier molecular flexibility index (Phi) is 10.0. The Hall–Kier alpha value is -0.680. The zero-order chi connectivity index (χ0) is 28.4. The summed E-state index contributed by atoms with van der Waals surface area (Å²) < 4.78 is 13.5. The van der Waals surface area contributed by atoms with Crippen molar-refractivity contribution in [2.24, 2.45) is 40.9 Å². The van der Waals surface area contributed by atoms with Crippen molar-refractivity contribution >= 4 is 0 Å². The molecule has 0 N–H and O–H groups in total. The van der Waals surface area contributed by atoms with E-state index in [-0.39, 0.29) is 0 Å². The molecule has 4 aliphatic carbocycles. The molecule has 4 heteroatoms. The number of allylic oxidation sites excluding steroid dienone is 2. The summed E-state index contributed by atoms with van der Waals surface area (Å²) in [6.45, 7) is 17.9. The van der Waals surface area contributed by atoms with E-state index in [0.29, 0.717) is 41.3 Å². The van der Waals surface area contributed by atoms with Gasteiger partial charge in [-0.1, -0.05) is 64.5 Å². The average molecular weight is 567 g/mol. The second kappa shape index (κ2) is 13.5. The van der Waals surface area contributed by atoms with E-state index >= 15 is 0 Å². The fourth-order valence-corrected chi connectivity index (χ4v) is 10.8. The molecule has 4 nitrogen and oxygen atoms in total. The molecule has 0 amide bonds. The largest absolute Gasteiger partial charge is 0.362 e. The lowest BCUT2D eigenvalue weighted by molar-refractivity contribution is -0.183. The van der Waals surface area contributed by atoms with Crippen LogP contribution in [0.2, 0.25) is 0 Å². The lowest BCUT2D eigenvalue weighted by Crippen LogP contribution is -2.57. The summed E-state index contributed by atoms with van der Waals surface area (Å²) in [7, 11) is 0. The van der Waals surface area contributed by atoms with E-state index in [2.05, 4.69) is 49.0 Å². The first-order valence-corrected chi connectivity index (χ1v) is 17.9. The highest BCUT2D eigenvalue weighted by Gasteiger charge is 2.52. The van der Waals surface area contributed by atoms with Gasteiger partial charge in [0.25, 0.3) is 0 Å². The summed E-state index contributed by atoms with van der Waals surface area (Å²) in [4.78, 5) is 5.48. The van der Waals surface area contributed by atoms with Crippen LogP contribution in [0.1, 0.15) is 117 Å². The van der Waals surface area contributed by atoms with Gasteiger partial charge in [0, 0.05) is 25.2 Å². The van der Waals surface area contributed by atoms with Gasteiger partial charge in [-0.2, -0.15) is 0 Å². The molecule has 6 aliphatic rings. The standard InChI is InChI=1S/C37H62N2O2/c1-5-13-27-19-31(21-29-23-38(25-40-35(27)29)33-15-9-7-10-16-33)37(3,4)32-20-28(14-6-2)36-30(22-32)24-39(26-41-36)34-17-11-8-12-18-34/h5-6,27-36H,1-2,7-26H2,3-4H3. The molecule has 2 heterocycles. The molecule has 0 radical (unpaired) electrons. The second-order valence-electron chi connectivity index (χ2n) is 15.9. The minimum Gasteiger partial charge on any atom is -0.362 e. The topological polar surface area (TPSA) is 24.9 Å². The fraction of sp³-hybridized carbons (Fsp3) is 0.892. The van der Waals surface area contributed by atoms with Gasteiger partial charge >= 0.3 is 0 Å². The maximum absolute atomic E-state index is 6.75. The summed E-state index contributed by atoms with van der Waals surface area (Å²) in [6.07, 6.45) is 26.7. The molecule has 6 rings (SSSR count). The zero-order valence-electron chi connectivity index (χ0n) is 26.7. The maximum Gasteiger partial charge on any atom is 0.0996 e. The Labute approximate surface area is 252 Å². The lowest BCUT2D eigenvalue weighted by atomic mass is 9.54. The van der Waals surface area contributed by atoms with Crippen molar-refractivity contribution in [2.75, 3.05) is 26.6 Å². The van der Waals surface area contributed by atoms with E-state index in [1.807, 2.05) is 0 Å². The number of rotatable bonds is 8. The molecular weight excluding hydrogens is 504 g/mol. The molecule has 41 heavy (non-hydrogen) atoms. The summed E-state index contributed by atoms with van der Waals surface area (Å²) >= 11 is 0. The molecule has 2 saturated heterocycles. The third kappa shape index (κ3) is 6.57. The number of hydrogen-bond donors (Lipinski definition) is 0. The van der Waals surface area contributed by atoms with Crippen LogP contribution >= 0.6 is 0 Å². The molecule has 0 aromatic rings. The maximum atomic E-state index is 6.75. The summed E-state index contributed by atoms with van der Waals surface area (Å²) in [5, 5.41) is 0. The third-order valence-electron chi connectivity index (χ3n) is 13.2. The van der Waals surface area contributed by atoms with Crippen LogP contribution in [-0.2, 0) is 9.47 Å². The van der Waals surface area contributed by atoms with Crippen molar-refractivity contribution in [2.45, 2.75) is 141 Å². The van der Waals surface area contributed by atoms with Crippen molar-refractivity contribution in [3.63, 3.8) is 0 Å². The van der Waals surface area contributed by atoms with Crippen LogP contribution in [0.5, 0.6) is 0 Å². The van der Waals surface area contributed by atoms with Gasteiger partial charge in [0.1, 0.15) is 0 Å². The lowest BCUT2D eigenvalue weighted by Gasteiger charge is -2.56. The van der Waals surface area contributed by atoms with Crippen LogP contribution in [0.4, 0.5) is 0 Å². The molecular formula is C37H62N2O2. The average Bonchev–Trinajstić information content (AvgIpc) is 3.01. The Morgan fingerprint density at radius 1 is 0.634 bits per heavy atom. The van der Waals surface area contributed by atoms with E-state index in [0.717, 1.165) is 50.2 Å². The number of nitrogens with zero attached hydrogens (tertiary/aromatic N) is 2. The molecule has 232 valence electrons. The quantitative estimate of drug-likeness (QED) is 0.275. The van der Waals surface area contributed by atoms with E-state index in [1.165, 1.54) is 103 Å². The van der Waals surface area contributed by atoms with E-state index < -0.39 is 0 Å². The van der Waals surface area contributed by atoms with Gasteiger partial charge in [0.05, 0.1) is 25.7 Å². The molecule has 0 aromatic carbocycles. The van der Waals surface area contributed by atoms with E-state index in [4.69, 9.17) is 9.47 Å². The predicted octanol–water partition coefficient (Wildman–Crippen LogP) is 8.43. The van der Waals surface area contributed by atoms with E-state index in [1.54, 1.807) is 0 Å². The molecule has 0 aromatic heterocycles. The third-order valence-corrected chi connectivity index (χ3v) is 13.2. The van der Waals surface area contributed by atoms with Crippen LogP contribution in [0.3, 0.4) is 0 Å². The molecule has 2 aliphatic heterocycles. The van der Waals surface area contributed by atoms with Crippen molar-refractivity contribution in [3.05, 3.63) is 25.3 Å². The van der Waals surface area contributed by atoms with Crippen LogP contribution in [0.25, 0.3) is 0 Å². The SMILES string of the molecule is C=CCC1CC(C(C)(C)C2CC(CC=C)C3OCN(C4CCCCC4)CC3C2)CC2CN(C3CCCCC3)COC12. The van der Waals surface area contributed by atoms with Gasteiger partial charge in [-0.3, -0.25) is 9.80 Å². The highest BCUT2D eigenvalue weighted by atomic mass is 16.5. The first-order chi connectivity index (χ1) is 20.0. The smallest absolute Gasteiger partial charge is 0.0996 e. The Morgan fingerprint density at radius 3 is 1.44 bits per heavy atom. The highest BCUT2D eigenvalue weighted by Crippen LogP contribution is 2.55. The first-order valence-electron chi connectivity index (χ1n) is 17.9. The van der Waals surface area contributed by atoms with Gasteiger partial charge in [0.15, 0.2) is 0 Å². The Balaban J connectivity index is 1.17. The van der Waals surface area contributed by atoms with Crippen LogP contribution in [0.15, 0.2) is 25.3 Å². The van der Waals surface area contributed by atoms with Crippen molar-refractivity contribution < 1.29 is 9.47 Å². The summed E-state index contributed by atoms with van der Waals surface area (Å²) in [5.41, 5.74) is 0.328. The number of ether oxygens (including phenoxy) is 2. The van der Waals surface area contributed by atoms with Crippen molar-refractivity contribution in [1.82, 2.24) is 9.80 Å². The minimum atomic E-state index is 0.328. The molecule has 0 bridgehead atoms. The van der Waals surface area contributed by atoms with Gasteiger partial charge in [0.2, 0.25) is 0 Å². The zero-order valence-corrected chi connectivity index (χ0v) is 26.7. The molecule has 0 spiro atoms. The monoisotopic (exact) mass is 566 g/mol. The van der Waals surface area contributed by atoms with Gasteiger partial charge < -0.3 is 9.47 Å². The molecule has 8 unspecified atom stereocenters.